The van der Waals surface area contributed by atoms with Gasteiger partial charge in [-0.3, -0.25) is 0 Å². The standard InChI is InChI=1S/C13H16N2O5S/c1-2-13(8-16,9-17)12(18)15-21(19,20)11-5-3-4-10(6-11)7-14/h3-6,16-17H,2,8-9H2,1H3,(H,15,18)/p-1. The molecular weight excluding hydrogens is 296 g/mol. The molecule has 1 aromatic carbocycles. The Hall–Kier alpha value is -1.95. The van der Waals surface area contributed by atoms with Crippen LogP contribution in [0, 0.1) is 16.7 Å². The van der Waals surface area contributed by atoms with Crippen molar-refractivity contribution in [1.29, 1.82) is 5.26 Å². The fourth-order valence-corrected chi connectivity index (χ4v) is 2.59. The van der Waals surface area contributed by atoms with E-state index in [2.05, 4.69) is 4.40 Å². The molecule has 0 fully saturated rings. The number of nitrogens with zero attached hydrogens (tertiary/aromatic N) is 2. The molecule has 0 aliphatic heterocycles. The molecule has 0 unspecified atom stereocenters. The van der Waals surface area contributed by atoms with Crippen LogP contribution in [0.5, 0.6) is 0 Å². The summed E-state index contributed by atoms with van der Waals surface area (Å²) < 4.78 is 27.2. The van der Waals surface area contributed by atoms with Gasteiger partial charge in [-0.1, -0.05) is 13.0 Å². The number of aliphatic hydroxyl groups is 2. The third-order valence-corrected chi connectivity index (χ3v) is 4.46. The van der Waals surface area contributed by atoms with Gasteiger partial charge in [-0.05, 0) is 30.5 Å². The molecule has 0 saturated heterocycles. The summed E-state index contributed by atoms with van der Waals surface area (Å²) in [6, 6.07) is 6.86. The Bertz CT molecular complexity index is 664. The largest absolute Gasteiger partial charge is 0.861 e. The van der Waals surface area contributed by atoms with Crippen LogP contribution in [-0.4, -0.2) is 37.7 Å². The second kappa shape index (κ2) is 6.67. The molecule has 0 saturated carbocycles. The summed E-state index contributed by atoms with van der Waals surface area (Å²) in [7, 11) is -4.30. The van der Waals surface area contributed by atoms with Crippen LogP contribution in [0.3, 0.4) is 0 Å². The summed E-state index contributed by atoms with van der Waals surface area (Å²) >= 11 is 0. The molecule has 0 radical (unpaired) electrons. The first-order valence-corrected chi connectivity index (χ1v) is 7.53. The predicted octanol–water partition coefficient (Wildman–Crippen LogP) is -0.613. The molecule has 0 aromatic heterocycles. The van der Waals surface area contributed by atoms with Crippen LogP contribution in [0.1, 0.15) is 18.9 Å². The quantitative estimate of drug-likeness (QED) is 0.531. The maximum atomic E-state index is 12.0. The van der Waals surface area contributed by atoms with E-state index in [1.165, 1.54) is 25.1 Å². The molecule has 1 rings (SSSR count). The minimum atomic E-state index is -4.30. The molecule has 0 aliphatic rings. The Kier molecular flexibility index (Phi) is 5.43. The van der Waals surface area contributed by atoms with Gasteiger partial charge in [0.2, 0.25) is 0 Å². The third-order valence-electron chi connectivity index (χ3n) is 3.20. The number of benzene rings is 1. The van der Waals surface area contributed by atoms with Crippen molar-refractivity contribution in [1.82, 2.24) is 0 Å². The fourth-order valence-electron chi connectivity index (χ4n) is 1.54. The van der Waals surface area contributed by atoms with Gasteiger partial charge in [0, 0.05) is 5.41 Å². The van der Waals surface area contributed by atoms with E-state index < -0.39 is 34.5 Å². The average molecular weight is 311 g/mol. The Balaban J connectivity index is 3.31. The molecule has 0 atom stereocenters. The second-order valence-electron chi connectivity index (χ2n) is 4.46. The number of hydrogen-bond acceptors (Lipinski definition) is 6. The normalized spacial score (nSPS) is 13.0. The Morgan fingerprint density at radius 1 is 1.43 bits per heavy atom. The van der Waals surface area contributed by atoms with Crippen molar-refractivity contribution in [2.45, 2.75) is 18.2 Å². The summed E-state index contributed by atoms with van der Waals surface area (Å²) in [5.74, 6) is -1.11. The molecule has 21 heavy (non-hydrogen) atoms. The zero-order chi connectivity index (χ0) is 16.1. The second-order valence-corrected chi connectivity index (χ2v) is 6.07. The van der Waals surface area contributed by atoms with Crippen molar-refractivity contribution < 1.29 is 23.7 Å². The van der Waals surface area contributed by atoms with Crippen molar-refractivity contribution in [2.24, 2.45) is 9.81 Å². The average Bonchev–Trinajstić information content (AvgIpc) is 2.49. The van der Waals surface area contributed by atoms with E-state index in [-0.39, 0.29) is 16.9 Å². The van der Waals surface area contributed by atoms with Crippen LogP contribution in [-0.2, 0) is 10.0 Å². The van der Waals surface area contributed by atoms with Crippen molar-refractivity contribution >= 4 is 15.9 Å². The highest BCUT2D eigenvalue weighted by Crippen LogP contribution is 2.23. The Labute approximate surface area is 122 Å². The van der Waals surface area contributed by atoms with E-state index in [0.717, 1.165) is 6.07 Å². The maximum Gasteiger partial charge on any atom is 0.281 e. The summed E-state index contributed by atoms with van der Waals surface area (Å²) in [6.45, 7) is 0.106. The lowest BCUT2D eigenvalue weighted by Gasteiger charge is -2.33. The molecule has 0 aliphatic carbocycles. The van der Waals surface area contributed by atoms with Crippen LogP contribution < -0.4 is 5.11 Å². The van der Waals surface area contributed by atoms with Crippen molar-refractivity contribution in [3.8, 4) is 6.07 Å². The van der Waals surface area contributed by atoms with Gasteiger partial charge in [-0.15, -0.1) is 0 Å². The number of nitriles is 1. The molecule has 0 heterocycles. The highest BCUT2D eigenvalue weighted by molar-refractivity contribution is 7.90. The highest BCUT2D eigenvalue weighted by atomic mass is 32.2. The number of hydrogen-bond donors (Lipinski definition) is 2. The van der Waals surface area contributed by atoms with Crippen molar-refractivity contribution in [2.75, 3.05) is 13.2 Å². The predicted molar refractivity (Wildman–Crippen MR) is 72.7 cm³/mol. The topological polar surface area (TPSA) is 134 Å². The summed E-state index contributed by atoms with van der Waals surface area (Å²) in [6.07, 6.45) is 0.0378. The lowest BCUT2D eigenvalue weighted by molar-refractivity contribution is -0.235. The maximum absolute atomic E-state index is 12.0. The van der Waals surface area contributed by atoms with Crippen LogP contribution in [0.4, 0.5) is 0 Å². The van der Waals surface area contributed by atoms with Gasteiger partial charge in [0.05, 0.1) is 29.7 Å². The molecule has 2 N–H and O–H groups in total. The molecular formula is C13H15N2O5S-. The first-order chi connectivity index (χ1) is 9.85. The SMILES string of the molecule is CCC(CO)(CO)/C([O-])=N/S(=O)(=O)c1cccc(C#N)c1. The lowest BCUT2D eigenvalue weighted by Crippen LogP contribution is -2.45. The monoisotopic (exact) mass is 311 g/mol. The summed E-state index contributed by atoms with van der Waals surface area (Å²) in [5.41, 5.74) is -1.51. The molecule has 0 bridgehead atoms. The molecule has 0 amide bonds. The molecule has 7 nitrogen and oxygen atoms in total. The van der Waals surface area contributed by atoms with Gasteiger partial charge in [0.15, 0.2) is 0 Å². The van der Waals surface area contributed by atoms with Gasteiger partial charge in [0.25, 0.3) is 10.0 Å². The van der Waals surface area contributed by atoms with E-state index in [1.54, 1.807) is 6.07 Å². The minimum Gasteiger partial charge on any atom is -0.861 e. The van der Waals surface area contributed by atoms with Gasteiger partial charge in [0.1, 0.15) is 0 Å². The molecule has 1 aromatic rings. The first-order valence-electron chi connectivity index (χ1n) is 6.09. The minimum absolute atomic E-state index is 0.0378. The molecule has 0 spiro atoms. The van der Waals surface area contributed by atoms with E-state index in [4.69, 9.17) is 5.26 Å². The Morgan fingerprint density at radius 3 is 2.52 bits per heavy atom. The zero-order valence-corrected chi connectivity index (χ0v) is 12.2. The van der Waals surface area contributed by atoms with Crippen molar-refractivity contribution in [3.05, 3.63) is 29.8 Å². The van der Waals surface area contributed by atoms with Crippen molar-refractivity contribution in [3.63, 3.8) is 0 Å². The zero-order valence-electron chi connectivity index (χ0n) is 11.4. The van der Waals surface area contributed by atoms with E-state index in [0.29, 0.717) is 0 Å². The van der Waals surface area contributed by atoms with E-state index in [1.807, 2.05) is 0 Å². The van der Waals surface area contributed by atoms with Crippen LogP contribution in [0.2, 0.25) is 0 Å². The summed E-state index contributed by atoms with van der Waals surface area (Å²) in [5, 5.41) is 39.2. The fraction of sp³-hybridized carbons (Fsp3) is 0.385. The number of rotatable bonds is 6. The number of aliphatic hydroxyl groups excluding tert-OH is 2. The van der Waals surface area contributed by atoms with Crippen LogP contribution in [0.15, 0.2) is 33.6 Å². The van der Waals surface area contributed by atoms with Crippen LogP contribution in [0.25, 0.3) is 0 Å². The van der Waals surface area contributed by atoms with Gasteiger partial charge in [-0.2, -0.15) is 18.1 Å². The number of sulfonamides is 1. The summed E-state index contributed by atoms with van der Waals surface area (Å²) in [4.78, 5) is -0.296. The first kappa shape index (κ1) is 17.1. The third kappa shape index (κ3) is 3.58. The van der Waals surface area contributed by atoms with E-state index >= 15 is 0 Å². The molecule has 114 valence electrons. The highest BCUT2D eigenvalue weighted by Gasteiger charge is 2.29. The van der Waals surface area contributed by atoms with Gasteiger partial charge >= 0.3 is 0 Å². The van der Waals surface area contributed by atoms with Gasteiger partial charge < -0.3 is 15.3 Å². The lowest BCUT2D eigenvalue weighted by atomic mass is 9.87. The van der Waals surface area contributed by atoms with Crippen LogP contribution >= 0.6 is 0 Å². The smallest absolute Gasteiger partial charge is 0.281 e. The van der Waals surface area contributed by atoms with E-state index in [9.17, 15) is 23.7 Å². The molecule has 8 heteroatoms. The Morgan fingerprint density at radius 2 is 2.05 bits per heavy atom. The van der Waals surface area contributed by atoms with Gasteiger partial charge in [-0.25, -0.2) is 0 Å².